The number of aromatic nitrogens is 2. The monoisotopic (exact) mass is 251 g/mol. The Bertz CT molecular complexity index is 257. The van der Waals surface area contributed by atoms with Crippen LogP contribution in [-0.2, 0) is 6.42 Å². The minimum atomic E-state index is 1.14. The van der Waals surface area contributed by atoms with E-state index in [2.05, 4.69) is 22.2 Å². The van der Waals surface area contributed by atoms with Crippen LogP contribution >= 0.6 is 0 Å². The van der Waals surface area contributed by atoms with Gasteiger partial charge in [0.15, 0.2) is 0 Å². The van der Waals surface area contributed by atoms with E-state index in [0.717, 1.165) is 6.42 Å². The summed E-state index contributed by atoms with van der Waals surface area (Å²) in [7, 11) is 0. The molecule has 0 unspecified atom stereocenters. The van der Waals surface area contributed by atoms with Crippen molar-refractivity contribution in [3.05, 3.63) is 18.2 Å². The molecule has 0 spiro atoms. The van der Waals surface area contributed by atoms with Crippen molar-refractivity contribution in [1.82, 2.24) is 15.3 Å². The minimum Gasteiger partial charge on any atom is -0.348 e. The summed E-state index contributed by atoms with van der Waals surface area (Å²) in [6.07, 6.45) is 15.5. The summed E-state index contributed by atoms with van der Waals surface area (Å²) < 4.78 is 0. The molecule has 0 radical (unpaired) electrons. The maximum absolute atomic E-state index is 4.03. The standard InChI is InChI=1S/C15H29N3/c1-2-3-4-8-11-16-12-9-6-5-7-10-15-13-17-14-18-15/h13-14,16H,2-12H2,1H3,(H,17,18). The number of hydrogen-bond donors (Lipinski definition) is 2. The van der Waals surface area contributed by atoms with E-state index in [-0.39, 0.29) is 0 Å². The molecule has 18 heavy (non-hydrogen) atoms. The van der Waals surface area contributed by atoms with Crippen LogP contribution in [0.3, 0.4) is 0 Å². The Kier molecular flexibility index (Phi) is 9.54. The molecule has 1 aromatic heterocycles. The third kappa shape index (κ3) is 8.29. The molecule has 0 atom stereocenters. The van der Waals surface area contributed by atoms with Crippen LogP contribution in [0.5, 0.6) is 0 Å². The van der Waals surface area contributed by atoms with E-state index in [9.17, 15) is 0 Å². The highest BCUT2D eigenvalue weighted by molar-refractivity contribution is 4.93. The zero-order valence-corrected chi connectivity index (χ0v) is 11.9. The second-order valence-electron chi connectivity index (χ2n) is 5.05. The van der Waals surface area contributed by atoms with Gasteiger partial charge in [0.2, 0.25) is 0 Å². The van der Waals surface area contributed by atoms with Gasteiger partial charge in [0.05, 0.1) is 6.33 Å². The Hall–Kier alpha value is -0.830. The molecule has 0 aromatic carbocycles. The highest BCUT2D eigenvalue weighted by atomic mass is 14.9. The second kappa shape index (κ2) is 11.3. The smallest absolute Gasteiger partial charge is 0.0921 e. The molecule has 1 heterocycles. The fraction of sp³-hybridized carbons (Fsp3) is 0.800. The first-order valence-corrected chi connectivity index (χ1v) is 7.61. The summed E-state index contributed by atoms with van der Waals surface area (Å²) in [4.78, 5) is 7.18. The third-order valence-electron chi connectivity index (χ3n) is 3.31. The molecule has 0 amide bonds. The van der Waals surface area contributed by atoms with Crippen molar-refractivity contribution >= 4 is 0 Å². The zero-order chi connectivity index (χ0) is 12.9. The highest BCUT2D eigenvalue weighted by Gasteiger charge is 1.94. The fourth-order valence-corrected chi connectivity index (χ4v) is 2.14. The SMILES string of the molecule is CCCCCCNCCCCCCc1cnc[nH]1. The highest BCUT2D eigenvalue weighted by Crippen LogP contribution is 2.04. The van der Waals surface area contributed by atoms with Crippen molar-refractivity contribution in [3.8, 4) is 0 Å². The zero-order valence-electron chi connectivity index (χ0n) is 11.9. The fourth-order valence-electron chi connectivity index (χ4n) is 2.14. The lowest BCUT2D eigenvalue weighted by Crippen LogP contribution is -2.16. The largest absolute Gasteiger partial charge is 0.348 e. The topological polar surface area (TPSA) is 40.7 Å². The van der Waals surface area contributed by atoms with Crippen LogP contribution in [0, 0.1) is 0 Å². The number of unbranched alkanes of at least 4 members (excludes halogenated alkanes) is 6. The van der Waals surface area contributed by atoms with Crippen LogP contribution in [0.4, 0.5) is 0 Å². The van der Waals surface area contributed by atoms with Crippen LogP contribution in [0.25, 0.3) is 0 Å². The molecule has 0 saturated heterocycles. The summed E-state index contributed by atoms with van der Waals surface area (Å²) in [6.45, 7) is 4.65. The summed E-state index contributed by atoms with van der Waals surface area (Å²) in [5, 5.41) is 3.53. The van der Waals surface area contributed by atoms with Crippen LogP contribution in [-0.4, -0.2) is 23.1 Å². The number of hydrogen-bond acceptors (Lipinski definition) is 2. The third-order valence-corrected chi connectivity index (χ3v) is 3.31. The number of aromatic amines is 1. The molecule has 0 saturated carbocycles. The van der Waals surface area contributed by atoms with Gasteiger partial charge >= 0.3 is 0 Å². The molecular formula is C15H29N3. The molecule has 1 aromatic rings. The Morgan fingerprint density at radius 3 is 2.39 bits per heavy atom. The van der Waals surface area contributed by atoms with Crippen LogP contribution in [0.1, 0.15) is 64.0 Å². The van der Waals surface area contributed by atoms with Crippen molar-refractivity contribution in [2.24, 2.45) is 0 Å². The van der Waals surface area contributed by atoms with Gasteiger partial charge in [-0.05, 0) is 38.8 Å². The summed E-state index contributed by atoms with van der Waals surface area (Å²) in [5.41, 5.74) is 1.27. The molecule has 0 aliphatic carbocycles. The Balaban J connectivity index is 1.73. The molecule has 104 valence electrons. The van der Waals surface area contributed by atoms with E-state index in [1.807, 2.05) is 6.20 Å². The van der Waals surface area contributed by atoms with Crippen molar-refractivity contribution in [1.29, 1.82) is 0 Å². The first-order chi connectivity index (χ1) is 8.93. The predicted molar refractivity (Wildman–Crippen MR) is 77.8 cm³/mol. The Morgan fingerprint density at radius 1 is 1.00 bits per heavy atom. The summed E-state index contributed by atoms with van der Waals surface area (Å²) in [5.74, 6) is 0. The maximum Gasteiger partial charge on any atom is 0.0921 e. The molecule has 0 bridgehead atoms. The molecular weight excluding hydrogens is 222 g/mol. The number of nitrogens with one attached hydrogen (secondary N) is 2. The van der Waals surface area contributed by atoms with Crippen LogP contribution in [0.15, 0.2) is 12.5 Å². The minimum absolute atomic E-state index is 1.14. The summed E-state index contributed by atoms with van der Waals surface area (Å²) in [6, 6.07) is 0. The van der Waals surface area contributed by atoms with Crippen LogP contribution in [0.2, 0.25) is 0 Å². The average molecular weight is 251 g/mol. The number of nitrogens with zero attached hydrogens (tertiary/aromatic N) is 1. The summed E-state index contributed by atoms with van der Waals surface area (Å²) >= 11 is 0. The molecule has 3 heteroatoms. The average Bonchev–Trinajstić information content (AvgIpc) is 2.89. The Labute approximate surface area is 112 Å². The molecule has 3 nitrogen and oxygen atoms in total. The lowest BCUT2D eigenvalue weighted by Gasteiger charge is -2.04. The van der Waals surface area contributed by atoms with E-state index < -0.39 is 0 Å². The van der Waals surface area contributed by atoms with Crippen molar-refractivity contribution in [2.75, 3.05) is 13.1 Å². The van der Waals surface area contributed by atoms with Gasteiger partial charge in [0, 0.05) is 11.9 Å². The van der Waals surface area contributed by atoms with E-state index in [1.165, 1.54) is 70.2 Å². The van der Waals surface area contributed by atoms with Crippen molar-refractivity contribution < 1.29 is 0 Å². The first-order valence-electron chi connectivity index (χ1n) is 7.61. The normalized spacial score (nSPS) is 10.9. The lowest BCUT2D eigenvalue weighted by atomic mass is 10.1. The van der Waals surface area contributed by atoms with Gasteiger partial charge in [-0.1, -0.05) is 39.0 Å². The number of H-pyrrole nitrogens is 1. The van der Waals surface area contributed by atoms with Gasteiger partial charge in [-0.2, -0.15) is 0 Å². The first kappa shape index (κ1) is 15.2. The Morgan fingerprint density at radius 2 is 1.72 bits per heavy atom. The van der Waals surface area contributed by atoms with Crippen molar-refractivity contribution in [3.63, 3.8) is 0 Å². The second-order valence-corrected chi connectivity index (χ2v) is 5.05. The maximum atomic E-state index is 4.03. The lowest BCUT2D eigenvalue weighted by molar-refractivity contribution is 0.559. The molecule has 0 aliphatic heterocycles. The van der Waals surface area contributed by atoms with Gasteiger partial charge in [0.25, 0.3) is 0 Å². The predicted octanol–water partition coefficient (Wildman–Crippen LogP) is 3.68. The van der Waals surface area contributed by atoms with E-state index >= 15 is 0 Å². The molecule has 1 rings (SSSR count). The quantitative estimate of drug-likeness (QED) is 0.556. The van der Waals surface area contributed by atoms with E-state index in [0.29, 0.717) is 0 Å². The van der Waals surface area contributed by atoms with Gasteiger partial charge in [0.1, 0.15) is 0 Å². The van der Waals surface area contributed by atoms with Crippen LogP contribution < -0.4 is 5.32 Å². The van der Waals surface area contributed by atoms with Gasteiger partial charge in [-0.3, -0.25) is 0 Å². The number of imidazole rings is 1. The molecule has 2 N–H and O–H groups in total. The van der Waals surface area contributed by atoms with Gasteiger partial charge in [-0.25, -0.2) is 4.98 Å². The van der Waals surface area contributed by atoms with E-state index in [4.69, 9.17) is 0 Å². The number of rotatable bonds is 12. The molecule has 0 fully saturated rings. The van der Waals surface area contributed by atoms with E-state index in [1.54, 1.807) is 6.33 Å². The molecule has 0 aliphatic rings. The number of aryl methyl sites for hydroxylation is 1. The van der Waals surface area contributed by atoms with Gasteiger partial charge < -0.3 is 10.3 Å². The van der Waals surface area contributed by atoms with Gasteiger partial charge in [-0.15, -0.1) is 0 Å². The van der Waals surface area contributed by atoms with Crippen molar-refractivity contribution in [2.45, 2.75) is 64.7 Å².